The van der Waals surface area contributed by atoms with Gasteiger partial charge in [-0.15, -0.1) is 11.6 Å². The van der Waals surface area contributed by atoms with E-state index in [9.17, 15) is 13.2 Å². The van der Waals surface area contributed by atoms with E-state index in [0.717, 1.165) is 5.75 Å². The maximum Gasteiger partial charge on any atom is 0.221 e. The van der Waals surface area contributed by atoms with Gasteiger partial charge in [-0.1, -0.05) is 0 Å². The van der Waals surface area contributed by atoms with E-state index in [-0.39, 0.29) is 17.4 Å². The lowest BCUT2D eigenvalue weighted by Crippen LogP contribution is -2.40. The van der Waals surface area contributed by atoms with Gasteiger partial charge < -0.3 is 5.32 Å². The molecule has 15 heavy (non-hydrogen) atoms. The summed E-state index contributed by atoms with van der Waals surface area (Å²) < 4.78 is 22.4. The quantitative estimate of drug-likeness (QED) is 0.745. The van der Waals surface area contributed by atoms with Gasteiger partial charge >= 0.3 is 0 Å². The Balaban J connectivity index is 2.43. The standard InChI is InChI=1S/C8H14ClNO3S2/c1-14-3-2-8(11)10-7-5-15(12,13)4-6(7)9/h6-7H,2-5H2,1H3,(H,10,11). The fourth-order valence-corrected chi connectivity index (χ4v) is 4.35. The van der Waals surface area contributed by atoms with E-state index in [0.29, 0.717) is 6.42 Å². The average Bonchev–Trinajstić information content (AvgIpc) is 2.36. The van der Waals surface area contributed by atoms with Gasteiger partial charge in [0.2, 0.25) is 5.91 Å². The molecule has 0 aromatic rings. The first-order chi connectivity index (χ1) is 6.94. The lowest BCUT2D eigenvalue weighted by atomic mass is 10.2. The van der Waals surface area contributed by atoms with Gasteiger partial charge in [-0.05, 0) is 6.26 Å². The zero-order valence-corrected chi connectivity index (χ0v) is 10.8. The number of hydrogen-bond donors (Lipinski definition) is 1. The highest BCUT2D eigenvalue weighted by Gasteiger charge is 2.37. The lowest BCUT2D eigenvalue weighted by molar-refractivity contribution is -0.121. The van der Waals surface area contributed by atoms with Gasteiger partial charge in [-0.25, -0.2) is 8.42 Å². The van der Waals surface area contributed by atoms with Gasteiger partial charge in [0.1, 0.15) is 0 Å². The molecule has 1 saturated heterocycles. The van der Waals surface area contributed by atoms with Crippen molar-refractivity contribution in [3.8, 4) is 0 Å². The number of amides is 1. The molecule has 1 heterocycles. The summed E-state index contributed by atoms with van der Waals surface area (Å²) in [5.74, 6) is 0.532. The molecule has 4 nitrogen and oxygen atoms in total. The van der Waals surface area contributed by atoms with E-state index in [4.69, 9.17) is 11.6 Å². The molecule has 0 saturated carbocycles. The number of carbonyl (C=O) groups is 1. The van der Waals surface area contributed by atoms with Gasteiger partial charge in [0.15, 0.2) is 9.84 Å². The van der Waals surface area contributed by atoms with Crippen LogP contribution in [0.2, 0.25) is 0 Å². The molecule has 2 atom stereocenters. The Morgan fingerprint density at radius 3 is 2.67 bits per heavy atom. The predicted molar refractivity (Wildman–Crippen MR) is 63.2 cm³/mol. The van der Waals surface area contributed by atoms with Crippen molar-refractivity contribution >= 4 is 39.1 Å². The van der Waals surface area contributed by atoms with Crippen molar-refractivity contribution in [2.24, 2.45) is 0 Å². The van der Waals surface area contributed by atoms with Crippen molar-refractivity contribution in [1.82, 2.24) is 5.32 Å². The van der Waals surface area contributed by atoms with Crippen LogP contribution in [-0.4, -0.2) is 49.3 Å². The number of rotatable bonds is 4. The Morgan fingerprint density at radius 2 is 2.20 bits per heavy atom. The van der Waals surface area contributed by atoms with E-state index in [1.807, 2.05) is 6.26 Å². The molecule has 1 N–H and O–H groups in total. The topological polar surface area (TPSA) is 63.2 Å². The second-order valence-electron chi connectivity index (χ2n) is 3.51. The predicted octanol–water partition coefficient (Wildman–Crippen LogP) is 0.260. The van der Waals surface area contributed by atoms with Crippen molar-refractivity contribution in [2.75, 3.05) is 23.5 Å². The number of sulfone groups is 1. The highest BCUT2D eigenvalue weighted by Crippen LogP contribution is 2.18. The number of alkyl halides is 1. The smallest absolute Gasteiger partial charge is 0.221 e. The van der Waals surface area contributed by atoms with Crippen LogP contribution in [0.15, 0.2) is 0 Å². The van der Waals surface area contributed by atoms with Crippen LogP contribution >= 0.6 is 23.4 Å². The zero-order valence-electron chi connectivity index (χ0n) is 8.40. The van der Waals surface area contributed by atoms with Crippen molar-refractivity contribution in [1.29, 1.82) is 0 Å². The Kier molecular flexibility index (Phi) is 4.73. The summed E-state index contributed by atoms with van der Waals surface area (Å²) >= 11 is 7.42. The monoisotopic (exact) mass is 271 g/mol. The van der Waals surface area contributed by atoms with Crippen LogP contribution in [0.3, 0.4) is 0 Å². The van der Waals surface area contributed by atoms with E-state index in [2.05, 4.69) is 5.32 Å². The Hall–Kier alpha value is 0.0600. The van der Waals surface area contributed by atoms with Crippen molar-refractivity contribution in [3.05, 3.63) is 0 Å². The molecule has 88 valence electrons. The Labute approximate surface area is 99.1 Å². The SMILES string of the molecule is CSCCC(=O)NC1CS(=O)(=O)CC1Cl. The first-order valence-corrected chi connectivity index (χ1v) is 8.22. The number of halogens is 1. The minimum absolute atomic E-state index is 0.0355. The summed E-state index contributed by atoms with van der Waals surface area (Å²) in [6.07, 6.45) is 2.32. The van der Waals surface area contributed by atoms with Crippen LogP contribution in [0.4, 0.5) is 0 Å². The molecule has 0 aromatic heterocycles. The third-order valence-electron chi connectivity index (χ3n) is 2.16. The highest BCUT2D eigenvalue weighted by atomic mass is 35.5. The molecule has 1 aliphatic rings. The molecular formula is C8H14ClNO3S2. The first kappa shape index (κ1) is 13.1. The van der Waals surface area contributed by atoms with E-state index < -0.39 is 21.3 Å². The summed E-state index contributed by atoms with van der Waals surface area (Å²) in [6, 6.07) is -0.425. The van der Waals surface area contributed by atoms with E-state index in [1.165, 1.54) is 0 Å². The maximum atomic E-state index is 11.3. The minimum Gasteiger partial charge on any atom is -0.351 e. The van der Waals surface area contributed by atoms with Crippen molar-refractivity contribution in [2.45, 2.75) is 17.8 Å². The molecule has 1 amide bonds. The number of hydrogen-bond acceptors (Lipinski definition) is 4. The van der Waals surface area contributed by atoms with Crippen molar-refractivity contribution in [3.63, 3.8) is 0 Å². The summed E-state index contributed by atoms with van der Waals surface area (Å²) in [6.45, 7) is 0. The Morgan fingerprint density at radius 1 is 1.53 bits per heavy atom. The zero-order chi connectivity index (χ0) is 11.5. The fourth-order valence-electron chi connectivity index (χ4n) is 1.41. The molecule has 0 bridgehead atoms. The van der Waals surface area contributed by atoms with Gasteiger partial charge in [0, 0.05) is 12.2 Å². The van der Waals surface area contributed by atoms with E-state index >= 15 is 0 Å². The van der Waals surface area contributed by atoms with Gasteiger partial charge in [-0.2, -0.15) is 11.8 Å². The molecule has 0 spiro atoms. The van der Waals surface area contributed by atoms with Gasteiger partial charge in [-0.3, -0.25) is 4.79 Å². The molecule has 1 rings (SSSR count). The molecule has 1 aliphatic heterocycles. The number of carbonyl (C=O) groups excluding carboxylic acids is 1. The summed E-state index contributed by atoms with van der Waals surface area (Å²) in [5.41, 5.74) is 0. The van der Waals surface area contributed by atoms with Crippen LogP contribution in [0, 0.1) is 0 Å². The molecule has 1 fully saturated rings. The normalized spacial score (nSPS) is 28.9. The molecule has 2 unspecified atom stereocenters. The fraction of sp³-hybridized carbons (Fsp3) is 0.875. The average molecular weight is 272 g/mol. The highest BCUT2D eigenvalue weighted by molar-refractivity contribution is 7.98. The lowest BCUT2D eigenvalue weighted by Gasteiger charge is -2.13. The molecule has 0 aromatic carbocycles. The summed E-state index contributed by atoms with van der Waals surface area (Å²) in [4.78, 5) is 11.3. The first-order valence-electron chi connectivity index (χ1n) is 4.57. The largest absolute Gasteiger partial charge is 0.351 e. The Bertz CT molecular complexity index is 331. The molecule has 0 radical (unpaired) electrons. The molecular weight excluding hydrogens is 258 g/mol. The van der Waals surface area contributed by atoms with E-state index in [1.54, 1.807) is 11.8 Å². The van der Waals surface area contributed by atoms with Gasteiger partial charge in [0.25, 0.3) is 0 Å². The third kappa shape index (κ3) is 4.20. The maximum absolute atomic E-state index is 11.3. The second kappa shape index (κ2) is 5.41. The van der Waals surface area contributed by atoms with Crippen LogP contribution in [0.1, 0.15) is 6.42 Å². The summed E-state index contributed by atoms with van der Waals surface area (Å²) in [5, 5.41) is 2.16. The van der Waals surface area contributed by atoms with Crippen molar-refractivity contribution < 1.29 is 13.2 Å². The molecule has 7 heteroatoms. The van der Waals surface area contributed by atoms with Crippen LogP contribution < -0.4 is 5.32 Å². The van der Waals surface area contributed by atoms with Gasteiger partial charge in [0.05, 0.1) is 22.9 Å². The number of nitrogens with one attached hydrogen (secondary N) is 1. The minimum atomic E-state index is -3.06. The summed E-state index contributed by atoms with van der Waals surface area (Å²) in [7, 11) is -3.06. The number of thioether (sulfide) groups is 1. The van der Waals surface area contributed by atoms with Crippen LogP contribution in [0.5, 0.6) is 0 Å². The third-order valence-corrected chi connectivity index (χ3v) is 5.15. The van der Waals surface area contributed by atoms with Crippen LogP contribution in [-0.2, 0) is 14.6 Å². The molecule has 0 aliphatic carbocycles. The second-order valence-corrected chi connectivity index (χ2v) is 7.21. The van der Waals surface area contributed by atoms with Crippen LogP contribution in [0.25, 0.3) is 0 Å².